The zero-order valence-corrected chi connectivity index (χ0v) is 14.0. The van der Waals surface area contributed by atoms with Gasteiger partial charge in [-0.15, -0.1) is 27.6 Å². The highest BCUT2D eigenvalue weighted by atomic mass is 35.5. The van der Waals surface area contributed by atoms with E-state index in [0.29, 0.717) is 16.7 Å². The minimum atomic E-state index is 0.372. The summed E-state index contributed by atoms with van der Waals surface area (Å²) in [5, 5.41) is 8.30. The summed E-state index contributed by atoms with van der Waals surface area (Å²) in [4.78, 5) is 21.5. The third-order valence-electron chi connectivity index (χ3n) is 3.41. The quantitative estimate of drug-likeness (QED) is 0.327. The largest absolute Gasteiger partial charge is 0.217 e. The molecule has 23 heavy (non-hydrogen) atoms. The summed E-state index contributed by atoms with van der Waals surface area (Å²) in [6.07, 6.45) is 0. The zero-order chi connectivity index (χ0) is 15.8. The fourth-order valence-electron chi connectivity index (χ4n) is 2.31. The first-order chi connectivity index (χ1) is 11.3. The molecule has 3 heterocycles. The van der Waals surface area contributed by atoms with Crippen molar-refractivity contribution in [3.05, 3.63) is 57.2 Å². The number of thiophene rings is 2. The second-order valence-electron chi connectivity index (χ2n) is 4.78. The standard InChI is InChI=1S/C16H8ClN3OS2/c17-14-13-11(12-2-1-7-22-12)8-23-16(13)19-15(18-14)9-3-5-10(20-21)6-4-9/h1-8H. The molecule has 112 valence electrons. The Labute approximate surface area is 144 Å². The first kappa shape index (κ1) is 14.4. The van der Waals surface area contributed by atoms with E-state index in [9.17, 15) is 4.91 Å². The number of aromatic nitrogens is 2. The molecule has 0 fully saturated rings. The van der Waals surface area contributed by atoms with Crippen LogP contribution < -0.4 is 0 Å². The second-order valence-corrected chi connectivity index (χ2v) is 6.95. The van der Waals surface area contributed by atoms with Crippen molar-refractivity contribution < 1.29 is 0 Å². The van der Waals surface area contributed by atoms with E-state index in [1.54, 1.807) is 46.9 Å². The van der Waals surface area contributed by atoms with E-state index < -0.39 is 0 Å². The molecule has 4 aromatic rings. The molecule has 0 aliphatic heterocycles. The van der Waals surface area contributed by atoms with Gasteiger partial charge in [0, 0.05) is 21.4 Å². The third kappa shape index (κ3) is 2.55. The van der Waals surface area contributed by atoms with Crippen LogP contribution in [0.2, 0.25) is 5.15 Å². The van der Waals surface area contributed by atoms with Crippen LogP contribution in [-0.2, 0) is 0 Å². The highest BCUT2D eigenvalue weighted by Crippen LogP contribution is 2.39. The molecule has 4 nitrogen and oxygen atoms in total. The van der Waals surface area contributed by atoms with E-state index in [-0.39, 0.29) is 0 Å². The highest BCUT2D eigenvalue weighted by molar-refractivity contribution is 7.18. The Balaban J connectivity index is 1.86. The minimum absolute atomic E-state index is 0.372. The Morgan fingerprint density at radius 3 is 2.57 bits per heavy atom. The van der Waals surface area contributed by atoms with Gasteiger partial charge in [0.1, 0.15) is 15.7 Å². The molecule has 3 aromatic heterocycles. The van der Waals surface area contributed by atoms with Crippen LogP contribution in [0, 0.1) is 4.91 Å². The van der Waals surface area contributed by atoms with Gasteiger partial charge in [-0.25, -0.2) is 9.97 Å². The lowest BCUT2D eigenvalue weighted by atomic mass is 10.2. The lowest BCUT2D eigenvalue weighted by molar-refractivity contribution is 1.24. The lowest BCUT2D eigenvalue weighted by Crippen LogP contribution is -1.90. The minimum Gasteiger partial charge on any atom is -0.217 e. The van der Waals surface area contributed by atoms with Crippen molar-refractivity contribution in [1.29, 1.82) is 0 Å². The van der Waals surface area contributed by atoms with Crippen LogP contribution >= 0.6 is 34.3 Å². The smallest absolute Gasteiger partial charge is 0.162 e. The highest BCUT2D eigenvalue weighted by Gasteiger charge is 2.15. The Bertz CT molecular complexity index is 994. The molecule has 7 heteroatoms. The first-order valence-corrected chi connectivity index (χ1v) is 8.82. The van der Waals surface area contributed by atoms with Gasteiger partial charge >= 0.3 is 0 Å². The van der Waals surface area contributed by atoms with Gasteiger partial charge in [-0.1, -0.05) is 17.7 Å². The number of benzene rings is 1. The Kier molecular flexibility index (Phi) is 3.65. The third-order valence-corrected chi connectivity index (χ3v) is 5.46. The fourth-order valence-corrected chi connectivity index (χ4v) is 4.40. The predicted molar refractivity (Wildman–Crippen MR) is 96.6 cm³/mol. The molecule has 0 amide bonds. The van der Waals surface area contributed by atoms with Crippen LogP contribution in [-0.4, -0.2) is 9.97 Å². The number of halogens is 1. The molecule has 1 aromatic carbocycles. The van der Waals surface area contributed by atoms with Gasteiger partial charge < -0.3 is 0 Å². The molecule has 0 radical (unpaired) electrons. The fraction of sp³-hybridized carbons (Fsp3) is 0. The molecule has 0 saturated carbocycles. The first-order valence-electron chi connectivity index (χ1n) is 6.68. The number of rotatable bonds is 3. The normalized spacial score (nSPS) is 11.0. The van der Waals surface area contributed by atoms with Crippen LogP contribution in [0.1, 0.15) is 0 Å². The van der Waals surface area contributed by atoms with E-state index >= 15 is 0 Å². The van der Waals surface area contributed by atoms with Crippen molar-refractivity contribution in [3.63, 3.8) is 0 Å². The van der Waals surface area contributed by atoms with Crippen molar-refractivity contribution >= 4 is 50.2 Å². The molecule has 0 atom stereocenters. The van der Waals surface area contributed by atoms with Crippen molar-refractivity contribution in [2.75, 3.05) is 0 Å². The molecule has 0 unspecified atom stereocenters. The number of hydrogen-bond acceptors (Lipinski definition) is 6. The summed E-state index contributed by atoms with van der Waals surface area (Å²) in [5.41, 5.74) is 2.24. The molecule has 0 N–H and O–H groups in total. The van der Waals surface area contributed by atoms with Crippen LogP contribution in [0.25, 0.3) is 32.0 Å². The van der Waals surface area contributed by atoms with Crippen LogP contribution in [0.5, 0.6) is 0 Å². The second kappa shape index (κ2) is 5.81. The molecule has 0 aliphatic rings. The predicted octanol–water partition coefficient (Wildman–Crippen LogP) is 6.14. The van der Waals surface area contributed by atoms with Crippen LogP contribution in [0.15, 0.2) is 52.3 Å². The maximum absolute atomic E-state index is 10.5. The molecule has 4 rings (SSSR count). The Hall–Kier alpha value is -2.15. The van der Waals surface area contributed by atoms with Crippen molar-refractivity contribution in [1.82, 2.24) is 9.97 Å². The monoisotopic (exact) mass is 357 g/mol. The maximum Gasteiger partial charge on any atom is 0.162 e. The summed E-state index contributed by atoms with van der Waals surface area (Å²) in [5.74, 6) is 0.541. The summed E-state index contributed by atoms with van der Waals surface area (Å²) >= 11 is 9.63. The van der Waals surface area contributed by atoms with Crippen molar-refractivity contribution in [2.24, 2.45) is 5.18 Å². The molecular weight excluding hydrogens is 350 g/mol. The van der Waals surface area contributed by atoms with Gasteiger partial charge in [-0.2, -0.15) is 0 Å². The van der Waals surface area contributed by atoms with Gasteiger partial charge in [0.25, 0.3) is 0 Å². The summed E-state index contributed by atoms with van der Waals surface area (Å²) in [6.45, 7) is 0. The molecule has 0 aliphatic carbocycles. The average Bonchev–Trinajstić information content (AvgIpc) is 3.24. The van der Waals surface area contributed by atoms with Gasteiger partial charge in [0.05, 0.1) is 5.39 Å². The number of hydrogen-bond donors (Lipinski definition) is 0. The Morgan fingerprint density at radius 1 is 1.04 bits per heavy atom. The van der Waals surface area contributed by atoms with Gasteiger partial charge in [0.2, 0.25) is 0 Å². The maximum atomic E-state index is 10.5. The van der Waals surface area contributed by atoms with Crippen molar-refractivity contribution in [2.45, 2.75) is 0 Å². The zero-order valence-electron chi connectivity index (χ0n) is 11.6. The number of nitroso groups, excluding NO2 is 1. The van der Waals surface area contributed by atoms with Crippen LogP contribution in [0.4, 0.5) is 5.69 Å². The van der Waals surface area contributed by atoms with Gasteiger partial charge in [-0.3, -0.25) is 0 Å². The number of fused-ring (bicyclic) bond motifs is 1. The summed E-state index contributed by atoms with van der Waals surface area (Å²) in [7, 11) is 0. The molecule has 0 spiro atoms. The van der Waals surface area contributed by atoms with Gasteiger partial charge in [0.15, 0.2) is 5.82 Å². The SMILES string of the molecule is O=Nc1ccc(-c2nc(Cl)c3c(-c4cccs4)csc3n2)cc1. The summed E-state index contributed by atoms with van der Waals surface area (Å²) in [6, 6.07) is 10.9. The number of nitrogens with zero attached hydrogens (tertiary/aromatic N) is 3. The van der Waals surface area contributed by atoms with E-state index in [1.165, 1.54) is 0 Å². The van der Waals surface area contributed by atoms with E-state index in [2.05, 4.69) is 26.6 Å². The molecule has 0 saturated heterocycles. The topological polar surface area (TPSA) is 55.2 Å². The average molecular weight is 358 g/mol. The lowest BCUT2D eigenvalue weighted by Gasteiger charge is -2.03. The molecular formula is C16H8ClN3OS2. The van der Waals surface area contributed by atoms with Crippen LogP contribution in [0.3, 0.4) is 0 Å². The van der Waals surface area contributed by atoms with Crippen molar-refractivity contribution in [3.8, 4) is 21.8 Å². The van der Waals surface area contributed by atoms with Gasteiger partial charge in [-0.05, 0) is 40.9 Å². The van der Waals surface area contributed by atoms with E-state index in [0.717, 1.165) is 26.2 Å². The van der Waals surface area contributed by atoms with E-state index in [4.69, 9.17) is 11.6 Å². The Morgan fingerprint density at radius 2 is 1.87 bits per heavy atom. The summed E-state index contributed by atoms with van der Waals surface area (Å²) < 4.78 is 0. The van der Waals surface area contributed by atoms with E-state index in [1.807, 2.05) is 11.4 Å². The molecule has 0 bridgehead atoms.